The number of pyridine rings is 1. The van der Waals surface area contributed by atoms with Crippen molar-refractivity contribution < 1.29 is 13.5 Å². The van der Waals surface area contributed by atoms with Crippen LogP contribution in [0.2, 0.25) is 0 Å². The van der Waals surface area contributed by atoms with Crippen LogP contribution in [0.1, 0.15) is 38.7 Å². The molecule has 1 aromatic heterocycles. The summed E-state index contributed by atoms with van der Waals surface area (Å²) in [6.45, 7) is 3.69. The van der Waals surface area contributed by atoms with Crippen LogP contribution in [0.15, 0.2) is 23.4 Å². The summed E-state index contributed by atoms with van der Waals surface area (Å²) in [7, 11) is -3.58. The van der Waals surface area contributed by atoms with E-state index >= 15 is 0 Å². The number of nitrogens with one attached hydrogen (secondary N) is 1. The van der Waals surface area contributed by atoms with Crippen LogP contribution in [0.5, 0.6) is 0 Å². The van der Waals surface area contributed by atoms with Crippen molar-refractivity contribution in [1.29, 1.82) is 0 Å². The Morgan fingerprint density at radius 3 is 2.75 bits per heavy atom. The second-order valence-electron chi connectivity index (χ2n) is 4.38. The Bertz CT molecular complexity index is 588. The van der Waals surface area contributed by atoms with Gasteiger partial charge in [0.05, 0.1) is 0 Å². The molecule has 20 heavy (non-hydrogen) atoms. The van der Waals surface area contributed by atoms with Gasteiger partial charge in [-0.1, -0.05) is 32.1 Å². The van der Waals surface area contributed by atoms with Gasteiger partial charge < -0.3 is 5.11 Å². The van der Waals surface area contributed by atoms with Gasteiger partial charge in [-0.2, -0.15) is 0 Å². The summed E-state index contributed by atoms with van der Waals surface area (Å²) >= 11 is 0. The van der Waals surface area contributed by atoms with E-state index in [4.69, 9.17) is 5.11 Å². The van der Waals surface area contributed by atoms with Crippen molar-refractivity contribution in [2.24, 2.45) is 0 Å². The fourth-order valence-corrected chi connectivity index (χ4v) is 3.10. The molecule has 0 aliphatic carbocycles. The molecule has 0 spiro atoms. The molecule has 1 rings (SSSR count). The predicted octanol–water partition coefficient (Wildman–Crippen LogP) is 1.28. The number of rotatable bonds is 6. The van der Waals surface area contributed by atoms with Crippen LogP contribution < -0.4 is 4.72 Å². The molecule has 0 saturated heterocycles. The quantitative estimate of drug-likeness (QED) is 0.775. The molecule has 0 amide bonds. The maximum absolute atomic E-state index is 12.3. The highest BCUT2D eigenvalue weighted by Crippen LogP contribution is 2.12. The van der Waals surface area contributed by atoms with Gasteiger partial charge in [-0.15, -0.1) is 0 Å². The van der Waals surface area contributed by atoms with Crippen molar-refractivity contribution in [2.75, 3.05) is 6.61 Å². The maximum Gasteiger partial charge on any atom is 0.242 e. The van der Waals surface area contributed by atoms with Crippen molar-refractivity contribution >= 4 is 10.0 Å². The molecule has 0 aliphatic heterocycles. The van der Waals surface area contributed by atoms with Gasteiger partial charge in [0.2, 0.25) is 10.0 Å². The minimum Gasteiger partial charge on any atom is -0.384 e. The van der Waals surface area contributed by atoms with E-state index in [9.17, 15) is 8.42 Å². The molecule has 0 radical (unpaired) electrons. The van der Waals surface area contributed by atoms with Crippen molar-refractivity contribution in [2.45, 2.75) is 44.0 Å². The van der Waals surface area contributed by atoms with E-state index in [2.05, 4.69) is 21.5 Å². The largest absolute Gasteiger partial charge is 0.384 e. The predicted molar refractivity (Wildman–Crippen MR) is 77.5 cm³/mol. The molecule has 1 heterocycles. The topological polar surface area (TPSA) is 79.3 Å². The molecular weight excluding hydrogens is 276 g/mol. The number of hydrogen-bond donors (Lipinski definition) is 2. The van der Waals surface area contributed by atoms with Gasteiger partial charge in [0.15, 0.2) is 0 Å². The van der Waals surface area contributed by atoms with Gasteiger partial charge in [-0.25, -0.2) is 13.1 Å². The Balaban J connectivity index is 2.97. The van der Waals surface area contributed by atoms with Gasteiger partial charge in [-0.3, -0.25) is 4.98 Å². The van der Waals surface area contributed by atoms with Gasteiger partial charge in [0.25, 0.3) is 0 Å². The smallest absolute Gasteiger partial charge is 0.242 e. The highest BCUT2D eigenvalue weighted by molar-refractivity contribution is 7.89. The van der Waals surface area contributed by atoms with Crippen LogP contribution in [-0.2, 0) is 10.0 Å². The van der Waals surface area contributed by atoms with E-state index in [1.165, 1.54) is 18.5 Å². The Morgan fingerprint density at radius 2 is 2.15 bits per heavy atom. The first kappa shape index (κ1) is 16.6. The average molecular weight is 296 g/mol. The molecule has 1 aromatic rings. The van der Waals surface area contributed by atoms with Crippen LogP contribution in [0.4, 0.5) is 0 Å². The summed E-state index contributed by atoms with van der Waals surface area (Å²) in [5.41, 5.74) is 0.463. The molecule has 0 saturated carbocycles. The zero-order valence-corrected chi connectivity index (χ0v) is 12.6. The second kappa shape index (κ2) is 8.00. The highest BCUT2D eigenvalue weighted by atomic mass is 32.2. The van der Waals surface area contributed by atoms with Crippen molar-refractivity contribution in [1.82, 2.24) is 9.71 Å². The Morgan fingerprint density at radius 1 is 1.40 bits per heavy atom. The first-order valence-corrected chi connectivity index (χ1v) is 8.09. The number of nitrogens with zero attached hydrogens (tertiary/aromatic N) is 1. The van der Waals surface area contributed by atoms with E-state index < -0.39 is 10.0 Å². The zero-order valence-electron chi connectivity index (χ0n) is 11.8. The van der Waals surface area contributed by atoms with Gasteiger partial charge in [0.1, 0.15) is 11.5 Å². The molecular formula is C14H20N2O3S. The molecule has 0 bridgehead atoms. The summed E-state index contributed by atoms with van der Waals surface area (Å²) in [5.74, 6) is 5.11. The molecule has 1 atom stereocenters. The van der Waals surface area contributed by atoms with Crippen LogP contribution in [0.3, 0.4) is 0 Å². The normalized spacial score (nSPS) is 12.6. The van der Waals surface area contributed by atoms with Crippen molar-refractivity contribution in [3.63, 3.8) is 0 Å². The lowest BCUT2D eigenvalue weighted by atomic mass is 10.1. The first-order valence-electron chi connectivity index (χ1n) is 6.60. The number of aliphatic hydroxyl groups is 1. The minimum absolute atomic E-state index is 0.0721. The SMILES string of the molecule is CCCC(CC)NS(=O)(=O)c1cncc(C#CCO)c1. The molecule has 0 fully saturated rings. The van der Waals surface area contributed by atoms with E-state index in [0.29, 0.717) is 5.56 Å². The fourth-order valence-electron chi connectivity index (χ4n) is 1.76. The van der Waals surface area contributed by atoms with Crippen LogP contribution >= 0.6 is 0 Å². The first-order chi connectivity index (χ1) is 9.53. The maximum atomic E-state index is 12.3. The van der Waals surface area contributed by atoms with E-state index in [1.807, 2.05) is 13.8 Å². The summed E-state index contributed by atoms with van der Waals surface area (Å²) in [6.07, 6.45) is 5.22. The third-order valence-corrected chi connectivity index (χ3v) is 4.27. The van der Waals surface area contributed by atoms with Crippen LogP contribution in [0, 0.1) is 11.8 Å². The van der Waals surface area contributed by atoms with E-state index in [0.717, 1.165) is 19.3 Å². The van der Waals surface area contributed by atoms with Crippen LogP contribution in [-0.4, -0.2) is 31.2 Å². The lowest BCUT2D eigenvalue weighted by Crippen LogP contribution is -2.34. The third-order valence-electron chi connectivity index (χ3n) is 2.79. The van der Waals surface area contributed by atoms with E-state index in [-0.39, 0.29) is 17.5 Å². The number of sulfonamides is 1. The van der Waals surface area contributed by atoms with Crippen LogP contribution in [0.25, 0.3) is 0 Å². The van der Waals surface area contributed by atoms with E-state index in [1.54, 1.807) is 0 Å². The molecule has 1 unspecified atom stereocenters. The molecule has 5 nitrogen and oxygen atoms in total. The summed E-state index contributed by atoms with van der Waals surface area (Å²) in [4.78, 5) is 3.97. The molecule has 110 valence electrons. The lowest BCUT2D eigenvalue weighted by molar-refractivity contribution is 0.350. The zero-order chi connectivity index (χ0) is 15.0. The number of aliphatic hydroxyl groups excluding tert-OH is 1. The number of hydrogen-bond acceptors (Lipinski definition) is 4. The van der Waals surface area contributed by atoms with Crippen molar-refractivity contribution in [3.8, 4) is 11.8 Å². The van der Waals surface area contributed by atoms with Gasteiger partial charge in [-0.05, 0) is 18.9 Å². The summed E-state index contributed by atoms with van der Waals surface area (Å²) in [5, 5.41) is 8.64. The summed E-state index contributed by atoms with van der Waals surface area (Å²) in [6, 6.07) is 1.38. The molecule has 0 aliphatic rings. The molecule has 2 N–H and O–H groups in total. The molecule has 6 heteroatoms. The molecule has 0 aromatic carbocycles. The lowest BCUT2D eigenvalue weighted by Gasteiger charge is -2.16. The fraction of sp³-hybridized carbons (Fsp3) is 0.500. The average Bonchev–Trinajstić information content (AvgIpc) is 2.44. The standard InChI is InChI=1S/C14H20N2O3S/c1-3-6-13(4-2)16-20(18,19)14-9-12(7-5-8-17)10-15-11-14/h9-11,13,16-17H,3-4,6,8H2,1-2H3. The highest BCUT2D eigenvalue weighted by Gasteiger charge is 2.19. The Kier molecular flexibility index (Phi) is 6.65. The Hall–Kier alpha value is -1.42. The Labute approximate surface area is 120 Å². The van der Waals surface area contributed by atoms with Gasteiger partial charge >= 0.3 is 0 Å². The van der Waals surface area contributed by atoms with Gasteiger partial charge in [0, 0.05) is 24.0 Å². The number of aromatic nitrogens is 1. The second-order valence-corrected chi connectivity index (χ2v) is 6.10. The third kappa shape index (κ3) is 4.93. The monoisotopic (exact) mass is 296 g/mol. The summed E-state index contributed by atoms with van der Waals surface area (Å²) < 4.78 is 27.2. The van der Waals surface area contributed by atoms with Crippen molar-refractivity contribution in [3.05, 3.63) is 24.0 Å². The minimum atomic E-state index is -3.58.